The normalized spacial score (nSPS) is 11.7. The van der Waals surface area contributed by atoms with E-state index in [1.165, 1.54) is 21.3 Å². The third kappa shape index (κ3) is 14.1. The molecule has 0 aliphatic heterocycles. The lowest BCUT2D eigenvalue weighted by molar-refractivity contribution is -0.139. The lowest BCUT2D eigenvalue weighted by Gasteiger charge is -2.22. The quantitative estimate of drug-likeness (QED) is 0.0683. The highest BCUT2D eigenvalue weighted by atomic mass is 32.8. The van der Waals surface area contributed by atoms with E-state index in [4.69, 9.17) is 51.4 Å². The summed E-state index contributed by atoms with van der Waals surface area (Å²) in [4.78, 5) is 47.9. The van der Waals surface area contributed by atoms with Gasteiger partial charge in [0.15, 0.2) is 11.5 Å². The molecule has 0 spiro atoms. The number of Topliss-reactive ketones (excluding diaryl/α,β-unsaturated/α-hetero) is 1. The molecule has 3 aromatic carbocycles. The van der Waals surface area contributed by atoms with E-state index in [0.717, 1.165) is 32.4 Å². The molecule has 6 N–H and O–H groups in total. The zero-order valence-corrected chi connectivity index (χ0v) is 32.4. The molecule has 3 rings (SSSR count). The molecule has 284 valence electrons. The topological polar surface area (TPSA) is 199 Å². The minimum absolute atomic E-state index is 0.0153. The average molecular weight is 778 g/mol. The lowest BCUT2D eigenvalue weighted by Crippen LogP contribution is -2.37. The van der Waals surface area contributed by atoms with Crippen molar-refractivity contribution in [2.45, 2.75) is 60.7 Å². The Balaban J connectivity index is 0.000000519. The van der Waals surface area contributed by atoms with Crippen molar-refractivity contribution in [1.29, 1.82) is 0 Å². The van der Waals surface area contributed by atoms with Gasteiger partial charge in [-0.15, -0.1) is 11.8 Å². The number of aliphatic carboxylic acids is 1. The number of ether oxygens (including phenoxy) is 5. The summed E-state index contributed by atoms with van der Waals surface area (Å²) in [5.74, 6) is 1.77. The Bertz CT molecular complexity index is 1670. The Morgan fingerprint density at radius 3 is 2.13 bits per heavy atom. The van der Waals surface area contributed by atoms with Gasteiger partial charge in [-0.25, -0.2) is 0 Å². The summed E-state index contributed by atoms with van der Waals surface area (Å²) in [6.45, 7) is 2.08. The molecule has 1 unspecified atom stereocenters. The number of carboxylic acids is 1. The molecule has 2 atom stereocenters. The summed E-state index contributed by atoms with van der Waals surface area (Å²) in [5, 5.41) is 12.1. The number of carbonyl (C=O) groups is 4. The first-order chi connectivity index (χ1) is 24.9. The van der Waals surface area contributed by atoms with Crippen LogP contribution >= 0.6 is 11.8 Å². The van der Waals surface area contributed by atoms with Gasteiger partial charge in [-0.05, 0) is 59.3 Å². The van der Waals surface area contributed by atoms with Crippen LogP contribution in [0.15, 0.2) is 64.4 Å². The van der Waals surface area contributed by atoms with Crippen LogP contribution in [0, 0.1) is 0 Å². The van der Waals surface area contributed by atoms with Gasteiger partial charge in [-0.1, -0.05) is 40.6 Å². The van der Waals surface area contributed by atoms with E-state index < -0.39 is 23.9 Å². The van der Waals surface area contributed by atoms with E-state index in [0.29, 0.717) is 28.8 Å². The molecule has 0 saturated carbocycles. The van der Waals surface area contributed by atoms with E-state index in [-0.39, 0.29) is 54.0 Å². The number of ketones is 1. The van der Waals surface area contributed by atoms with Crippen molar-refractivity contribution in [3.05, 3.63) is 65.7 Å². The van der Waals surface area contributed by atoms with Crippen LogP contribution in [0.25, 0.3) is 0 Å². The fourth-order valence-electron chi connectivity index (χ4n) is 4.71. The summed E-state index contributed by atoms with van der Waals surface area (Å²) in [5.41, 5.74) is 12.3. The Labute approximate surface area is 315 Å². The van der Waals surface area contributed by atoms with Gasteiger partial charge in [0.25, 0.3) is 0 Å². The summed E-state index contributed by atoms with van der Waals surface area (Å²) in [6, 6.07) is 16.1. The maximum absolute atomic E-state index is 12.7. The minimum Gasteiger partial charge on any atom is -0.497 e. The van der Waals surface area contributed by atoms with E-state index in [9.17, 15) is 19.2 Å². The monoisotopic (exact) mass is 777 g/mol. The average Bonchev–Trinajstić information content (AvgIpc) is 3.15. The third-order valence-corrected chi connectivity index (χ3v) is 11.1. The number of carboxylic acid groups (broad SMARTS) is 1. The van der Waals surface area contributed by atoms with Crippen LogP contribution in [0.5, 0.6) is 28.7 Å². The molecule has 3 aromatic rings. The number of thioether (sulfide) groups is 1. The molecule has 0 aliphatic rings. The molecule has 0 heterocycles. The Kier molecular flexibility index (Phi) is 19.7. The van der Waals surface area contributed by atoms with Gasteiger partial charge >= 0.3 is 11.9 Å². The molecule has 0 aliphatic carbocycles. The van der Waals surface area contributed by atoms with Crippen molar-refractivity contribution < 1.29 is 48.0 Å². The van der Waals surface area contributed by atoms with E-state index in [1.54, 1.807) is 24.9 Å². The fourth-order valence-corrected chi connectivity index (χ4v) is 7.04. The van der Waals surface area contributed by atoms with Crippen molar-refractivity contribution in [2.24, 2.45) is 11.5 Å². The smallest absolute Gasteiger partial charge is 0.325 e. The van der Waals surface area contributed by atoms with E-state index in [2.05, 4.69) is 5.32 Å². The summed E-state index contributed by atoms with van der Waals surface area (Å²) >= 11 is 6.84. The maximum atomic E-state index is 12.7. The number of benzene rings is 3. The van der Waals surface area contributed by atoms with Crippen LogP contribution in [-0.2, 0) is 52.1 Å². The molecule has 16 heteroatoms. The number of amides is 1. The van der Waals surface area contributed by atoms with Crippen LogP contribution < -0.4 is 40.5 Å². The van der Waals surface area contributed by atoms with Crippen molar-refractivity contribution in [3.63, 3.8) is 0 Å². The number of hydrogen-bond acceptors (Lipinski definition) is 13. The molecular formula is C36H47N3O10S3. The first-order valence-electron chi connectivity index (χ1n) is 16.1. The van der Waals surface area contributed by atoms with Gasteiger partial charge in [0.1, 0.15) is 17.3 Å². The van der Waals surface area contributed by atoms with Gasteiger partial charge in [0.2, 0.25) is 11.7 Å². The number of hydrogen-bond donors (Lipinski definition) is 4. The van der Waals surface area contributed by atoms with Crippen molar-refractivity contribution in [2.75, 3.05) is 40.7 Å². The molecule has 0 saturated heterocycles. The zero-order valence-electron chi connectivity index (χ0n) is 29.9. The highest BCUT2D eigenvalue weighted by Gasteiger charge is 2.24. The molecule has 0 aromatic heterocycles. The summed E-state index contributed by atoms with van der Waals surface area (Å²) in [6.07, 6.45) is -0.319. The second-order valence-electron chi connectivity index (χ2n) is 10.8. The molecule has 52 heavy (non-hydrogen) atoms. The molecule has 0 fully saturated rings. The van der Waals surface area contributed by atoms with Crippen LogP contribution in [0.2, 0.25) is 0 Å². The van der Waals surface area contributed by atoms with Gasteiger partial charge in [0.05, 0.1) is 52.3 Å². The number of esters is 1. The van der Waals surface area contributed by atoms with Crippen molar-refractivity contribution in [3.8, 4) is 28.7 Å². The van der Waals surface area contributed by atoms with Gasteiger partial charge in [0, 0.05) is 35.6 Å². The Hall–Kier alpha value is -4.22. The number of nitrogens with one attached hydrogen (secondary N) is 1. The van der Waals surface area contributed by atoms with Crippen LogP contribution in [-0.4, -0.2) is 75.5 Å². The molecular weight excluding hydrogens is 731 g/mol. The first-order valence-corrected chi connectivity index (χ1v) is 19.4. The lowest BCUT2D eigenvalue weighted by atomic mass is 10.0. The van der Waals surface area contributed by atoms with Crippen LogP contribution in [0.1, 0.15) is 43.7 Å². The fraction of sp³-hybridized carbons (Fsp3) is 0.389. The first kappa shape index (κ1) is 43.9. The number of primary amides is 1. The van der Waals surface area contributed by atoms with Gasteiger partial charge < -0.3 is 45.6 Å². The zero-order chi connectivity index (χ0) is 38.6. The Morgan fingerprint density at radius 2 is 1.58 bits per heavy atom. The second-order valence-corrected chi connectivity index (χ2v) is 14.7. The number of para-hydroxylation sites is 1. The van der Waals surface area contributed by atoms with Crippen LogP contribution in [0.4, 0.5) is 0 Å². The third-order valence-electron chi connectivity index (χ3n) is 7.37. The second kappa shape index (κ2) is 23.4. The Morgan fingerprint density at radius 1 is 0.904 bits per heavy atom. The largest absolute Gasteiger partial charge is 0.497 e. The molecule has 1 amide bonds. The SMILES string of the molecule is CCS(=S)c1ccccc1OC(=O)CN.COc1ccc(CSc2cc(OC)c(OC)c(OC)c2CN[C@@H](CCC(N)=O)C(=O)CCC(=O)O)cc1. The van der Waals surface area contributed by atoms with E-state index in [1.807, 2.05) is 55.5 Å². The number of methoxy groups -OCH3 is 4. The van der Waals surface area contributed by atoms with Gasteiger partial charge in [-0.2, -0.15) is 0 Å². The van der Waals surface area contributed by atoms with Gasteiger partial charge in [-0.3, -0.25) is 19.2 Å². The van der Waals surface area contributed by atoms with Crippen molar-refractivity contribution >= 4 is 56.0 Å². The maximum Gasteiger partial charge on any atom is 0.325 e. The molecule has 0 radical (unpaired) electrons. The van der Waals surface area contributed by atoms with Crippen LogP contribution in [0.3, 0.4) is 0 Å². The number of rotatable bonds is 21. The predicted molar refractivity (Wildman–Crippen MR) is 204 cm³/mol. The predicted octanol–water partition coefficient (Wildman–Crippen LogP) is 4.18. The van der Waals surface area contributed by atoms with Crippen molar-refractivity contribution in [1.82, 2.24) is 5.32 Å². The minimum atomic E-state index is -1.07. The molecule has 0 bridgehead atoms. The molecule has 13 nitrogen and oxygen atoms in total. The number of carbonyl (C=O) groups excluding carboxylic acids is 3. The van der Waals surface area contributed by atoms with E-state index >= 15 is 0 Å². The standard InChI is InChI=1S/C26H34N2O8S.C10H13NO2S2/c1-33-17-7-5-16(6-8-17)15-37-22-13-21(34-2)26(36-4)25(35-3)18(22)14-28-19(9-11-23(27)30)20(29)10-12-24(31)32;1-2-15(14)9-6-4-3-5-8(9)13-10(12)7-11/h5-8,13,19,28H,9-12,14-15H2,1-4H3,(H2,27,30)(H,31,32);3-6H,2,7,11H2,1H3/t19-;/m0./s1. The highest BCUT2D eigenvalue weighted by Crippen LogP contribution is 2.45. The number of nitrogens with two attached hydrogens (primary N) is 2. The highest BCUT2D eigenvalue weighted by molar-refractivity contribution is 8.28. The summed E-state index contributed by atoms with van der Waals surface area (Å²) in [7, 11) is 5.87. The summed E-state index contributed by atoms with van der Waals surface area (Å²) < 4.78 is 27.1.